The van der Waals surface area contributed by atoms with Gasteiger partial charge in [0, 0.05) is 6.92 Å². The highest BCUT2D eigenvalue weighted by Gasteiger charge is 2.04. The smallest absolute Gasteiger partial charge is 0.302 e. The van der Waals surface area contributed by atoms with Crippen LogP contribution in [0.3, 0.4) is 0 Å². The standard InChI is InChI=1S/C7H8O3S.C4H8O2/c8-11(9,10)6-7-4-2-1-3-5-7;1-3-6-4(2)5/h1-5H,6H2,(H,8,9,10);3H2,1-2H3. The Morgan fingerprint density at radius 2 is 1.82 bits per heavy atom. The van der Waals surface area contributed by atoms with E-state index in [-0.39, 0.29) is 11.7 Å². The van der Waals surface area contributed by atoms with Gasteiger partial charge in [-0.05, 0) is 12.5 Å². The predicted molar refractivity (Wildman–Crippen MR) is 64.0 cm³/mol. The van der Waals surface area contributed by atoms with Crippen molar-refractivity contribution in [3.8, 4) is 0 Å². The Hall–Kier alpha value is -1.40. The SMILES string of the molecule is CCOC(C)=O.O=S(=O)(O)Cc1ccccc1. The number of carbonyl (C=O) groups excluding carboxylic acids is 1. The van der Waals surface area contributed by atoms with Gasteiger partial charge in [-0.3, -0.25) is 9.35 Å². The molecule has 0 radical (unpaired) electrons. The van der Waals surface area contributed by atoms with Crippen LogP contribution in [0.5, 0.6) is 0 Å². The van der Waals surface area contributed by atoms with Crippen LogP contribution in [0.4, 0.5) is 0 Å². The first-order valence-corrected chi connectivity index (χ1v) is 6.58. The van der Waals surface area contributed by atoms with Crippen molar-refractivity contribution in [3.05, 3.63) is 35.9 Å². The van der Waals surface area contributed by atoms with Crippen molar-refractivity contribution >= 4 is 16.1 Å². The third-order valence-corrected chi connectivity index (χ3v) is 2.24. The molecule has 0 unspecified atom stereocenters. The van der Waals surface area contributed by atoms with Crippen LogP contribution >= 0.6 is 0 Å². The maximum Gasteiger partial charge on any atom is 0.302 e. The zero-order valence-electron chi connectivity index (χ0n) is 9.79. The molecule has 0 amide bonds. The van der Waals surface area contributed by atoms with E-state index in [1.165, 1.54) is 6.92 Å². The van der Waals surface area contributed by atoms with Gasteiger partial charge in [0.1, 0.15) is 5.75 Å². The van der Waals surface area contributed by atoms with Gasteiger partial charge in [0.05, 0.1) is 6.61 Å². The Labute approximate surface area is 101 Å². The second-order valence-electron chi connectivity index (χ2n) is 3.14. The molecule has 0 atom stereocenters. The van der Waals surface area contributed by atoms with Crippen molar-refractivity contribution in [3.63, 3.8) is 0 Å². The lowest BCUT2D eigenvalue weighted by molar-refractivity contribution is -0.140. The van der Waals surface area contributed by atoms with E-state index in [1.807, 2.05) is 0 Å². The van der Waals surface area contributed by atoms with Crippen LogP contribution in [0, 0.1) is 0 Å². The van der Waals surface area contributed by atoms with Crippen LogP contribution in [0.25, 0.3) is 0 Å². The summed E-state index contributed by atoms with van der Waals surface area (Å²) in [5.41, 5.74) is 0.593. The monoisotopic (exact) mass is 260 g/mol. The van der Waals surface area contributed by atoms with Gasteiger partial charge in [0.25, 0.3) is 10.1 Å². The first kappa shape index (κ1) is 15.6. The molecular formula is C11H16O5S. The molecule has 0 heterocycles. The predicted octanol–water partition coefficient (Wildman–Crippen LogP) is 1.64. The van der Waals surface area contributed by atoms with Crippen LogP contribution in [-0.2, 0) is 25.4 Å². The fourth-order valence-corrected chi connectivity index (χ4v) is 1.60. The van der Waals surface area contributed by atoms with Crippen LogP contribution in [0.15, 0.2) is 30.3 Å². The summed E-state index contributed by atoms with van der Waals surface area (Å²) < 4.78 is 33.6. The second-order valence-corrected chi connectivity index (χ2v) is 4.59. The third-order valence-electron chi connectivity index (χ3n) is 1.54. The van der Waals surface area contributed by atoms with Crippen molar-refractivity contribution in [2.75, 3.05) is 6.61 Å². The molecule has 0 fully saturated rings. The van der Waals surface area contributed by atoms with E-state index in [2.05, 4.69) is 4.74 Å². The van der Waals surface area contributed by atoms with E-state index in [0.29, 0.717) is 12.2 Å². The summed E-state index contributed by atoms with van der Waals surface area (Å²) in [4.78, 5) is 9.82. The van der Waals surface area contributed by atoms with Crippen LogP contribution in [0.2, 0.25) is 0 Å². The van der Waals surface area contributed by atoms with Gasteiger partial charge in [-0.15, -0.1) is 0 Å². The highest BCUT2D eigenvalue weighted by Crippen LogP contribution is 2.02. The molecule has 5 nitrogen and oxygen atoms in total. The molecular weight excluding hydrogens is 244 g/mol. The Bertz CT molecular complexity index is 424. The number of benzene rings is 1. The summed E-state index contributed by atoms with van der Waals surface area (Å²) in [6.45, 7) is 3.65. The first-order chi connectivity index (χ1) is 7.85. The molecule has 0 aliphatic heterocycles. The lowest BCUT2D eigenvalue weighted by Crippen LogP contribution is -2.00. The summed E-state index contributed by atoms with van der Waals surface area (Å²) in [5.74, 6) is -0.522. The topological polar surface area (TPSA) is 80.7 Å². The van der Waals surface area contributed by atoms with E-state index in [9.17, 15) is 13.2 Å². The fraction of sp³-hybridized carbons (Fsp3) is 0.364. The molecule has 0 spiro atoms. The van der Waals surface area contributed by atoms with Crippen molar-refractivity contribution in [2.24, 2.45) is 0 Å². The van der Waals surface area contributed by atoms with Crippen molar-refractivity contribution in [1.82, 2.24) is 0 Å². The lowest BCUT2D eigenvalue weighted by atomic mass is 10.2. The molecule has 0 aliphatic carbocycles. The molecule has 0 saturated carbocycles. The molecule has 96 valence electrons. The van der Waals surface area contributed by atoms with Gasteiger partial charge < -0.3 is 4.74 Å². The summed E-state index contributed by atoms with van der Waals surface area (Å²) in [5, 5.41) is 0. The number of hydrogen-bond donors (Lipinski definition) is 1. The minimum Gasteiger partial charge on any atom is -0.466 e. The Kier molecular flexibility index (Phi) is 7.16. The van der Waals surface area contributed by atoms with E-state index in [0.717, 1.165) is 0 Å². The summed E-state index contributed by atoms with van der Waals surface area (Å²) >= 11 is 0. The van der Waals surface area contributed by atoms with Gasteiger partial charge in [-0.25, -0.2) is 0 Å². The van der Waals surface area contributed by atoms with E-state index >= 15 is 0 Å². The average Bonchev–Trinajstić information content (AvgIpc) is 2.17. The molecule has 0 saturated heterocycles. The molecule has 1 aromatic carbocycles. The second kappa shape index (κ2) is 7.81. The van der Waals surface area contributed by atoms with E-state index in [4.69, 9.17) is 4.55 Å². The van der Waals surface area contributed by atoms with Gasteiger partial charge in [0.15, 0.2) is 0 Å². The minimum absolute atomic E-state index is 0.211. The van der Waals surface area contributed by atoms with E-state index < -0.39 is 10.1 Å². The molecule has 6 heteroatoms. The lowest BCUT2D eigenvalue weighted by Gasteiger charge is -1.95. The molecule has 1 aromatic rings. The van der Waals surface area contributed by atoms with Crippen LogP contribution < -0.4 is 0 Å². The summed E-state index contributed by atoms with van der Waals surface area (Å²) in [6.07, 6.45) is 0. The number of rotatable bonds is 3. The third kappa shape index (κ3) is 10.9. The maximum absolute atomic E-state index is 10.4. The Balaban J connectivity index is 0.000000366. The summed E-state index contributed by atoms with van der Waals surface area (Å²) in [6, 6.07) is 8.52. The van der Waals surface area contributed by atoms with Gasteiger partial charge in [0.2, 0.25) is 0 Å². The highest BCUT2D eigenvalue weighted by atomic mass is 32.2. The molecule has 0 bridgehead atoms. The van der Waals surface area contributed by atoms with Gasteiger partial charge >= 0.3 is 5.97 Å². The van der Waals surface area contributed by atoms with Crippen molar-refractivity contribution in [1.29, 1.82) is 0 Å². The fourth-order valence-electron chi connectivity index (χ4n) is 0.988. The Morgan fingerprint density at radius 1 is 1.29 bits per heavy atom. The Morgan fingerprint density at radius 3 is 2.12 bits per heavy atom. The van der Waals surface area contributed by atoms with Gasteiger partial charge in [-0.1, -0.05) is 30.3 Å². The quantitative estimate of drug-likeness (QED) is 0.660. The maximum atomic E-state index is 10.4. The number of hydrogen-bond acceptors (Lipinski definition) is 4. The zero-order chi connectivity index (χ0) is 13.3. The molecule has 1 rings (SSSR count). The van der Waals surface area contributed by atoms with E-state index in [1.54, 1.807) is 37.3 Å². The molecule has 0 aromatic heterocycles. The highest BCUT2D eigenvalue weighted by molar-refractivity contribution is 7.85. The minimum atomic E-state index is -3.88. The molecule has 17 heavy (non-hydrogen) atoms. The number of carbonyl (C=O) groups is 1. The molecule has 1 N–H and O–H groups in total. The van der Waals surface area contributed by atoms with Crippen LogP contribution in [-0.4, -0.2) is 25.5 Å². The van der Waals surface area contributed by atoms with Crippen molar-refractivity contribution < 1.29 is 22.5 Å². The largest absolute Gasteiger partial charge is 0.466 e. The number of ether oxygens (including phenoxy) is 1. The first-order valence-electron chi connectivity index (χ1n) is 4.97. The normalized spacial score (nSPS) is 10.1. The number of esters is 1. The molecule has 0 aliphatic rings. The average molecular weight is 260 g/mol. The van der Waals surface area contributed by atoms with Crippen LogP contribution in [0.1, 0.15) is 19.4 Å². The summed E-state index contributed by atoms with van der Waals surface area (Å²) in [7, 11) is -3.88. The van der Waals surface area contributed by atoms with Gasteiger partial charge in [-0.2, -0.15) is 8.42 Å². The zero-order valence-corrected chi connectivity index (χ0v) is 10.6. The van der Waals surface area contributed by atoms with Crippen molar-refractivity contribution in [2.45, 2.75) is 19.6 Å².